The average molecular weight is 279 g/mol. The number of ether oxygens (including phenoxy) is 2. The van der Waals surface area contributed by atoms with Gasteiger partial charge in [-0.1, -0.05) is 23.8 Å². The van der Waals surface area contributed by atoms with E-state index in [1.807, 2.05) is 32.0 Å². The van der Waals surface area contributed by atoms with Crippen LogP contribution in [-0.2, 0) is 14.3 Å². The number of esters is 1. The quantitative estimate of drug-likeness (QED) is 0.842. The van der Waals surface area contributed by atoms with Gasteiger partial charge in [-0.15, -0.1) is 0 Å². The summed E-state index contributed by atoms with van der Waals surface area (Å²) in [4.78, 5) is 23.6. The van der Waals surface area contributed by atoms with Crippen LogP contribution in [0.5, 0.6) is 0 Å². The van der Waals surface area contributed by atoms with Gasteiger partial charge in [0.05, 0.1) is 13.2 Å². The molecule has 0 unspecified atom stereocenters. The highest BCUT2D eigenvalue weighted by molar-refractivity contribution is 5.83. The number of hydrogen-bond donors (Lipinski definition) is 1. The first kappa shape index (κ1) is 16.0. The van der Waals surface area contributed by atoms with Crippen molar-refractivity contribution in [3.05, 3.63) is 34.9 Å². The van der Waals surface area contributed by atoms with Gasteiger partial charge in [-0.3, -0.25) is 0 Å². The summed E-state index contributed by atoms with van der Waals surface area (Å²) in [6, 6.07) is 4.81. The normalized spacial score (nSPS) is 11.6. The number of amides is 1. The topological polar surface area (TPSA) is 64.6 Å². The van der Waals surface area contributed by atoms with Crippen LogP contribution in [0.2, 0.25) is 0 Å². The summed E-state index contributed by atoms with van der Waals surface area (Å²) in [5.41, 5.74) is 2.71. The zero-order valence-corrected chi connectivity index (χ0v) is 12.4. The number of hydrogen-bond acceptors (Lipinski definition) is 4. The first-order valence-corrected chi connectivity index (χ1v) is 6.66. The SMILES string of the molecule is CCOC(=O)N[C@@H](C(=O)OCC)c1ccc(C)cc1C. The fourth-order valence-electron chi connectivity index (χ4n) is 1.93. The lowest BCUT2D eigenvalue weighted by molar-refractivity contribution is -0.145. The van der Waals surface area contributed by atoms with Gasteiger partial charge in [-0.2, -0.15) is 0 Å². The Morgan fingerprint density at radius 2 is 1.80 bits per heavy atom. The molecule has 0 aliphatic heterocycles. The van der Waals surface area contributed by atoms with E-state index in [1.165, 1.54) is 0 Å². The largest absolute Gasteiger partial charge is 0.464 e. The highest BCUT2D eigenvalue weighted by Gasteiger charge is 2.26. The Hall–Kier alpha value is -2.04. The van der Waals surface area contributed by atoms with Crippen LogP contribution in [0.4, 0.5) is 4.79 Å². The molecule has 1 rings (SSSR count). The second-order valence-electron chi connectivity index (χ2n) is 4.41. The van der Waals surface area contributed by atoms with Gasteiger partial charge in [0.15, 0.2) is 6.04 Å². The van der Waals surface area contributed by atoms with Crippen molar-refractivity contribution in [1.29, 1.82) is 0 Å². The third-order valence-electron chi connectivity index (χ3n) is 2.80. The monoisotopic (exact) mass is 279 g/mol. The molecule has 5 nitrogen and oxygen atoms in total. The van der Waals surface area contributed by atoms with Crippen molar-refractivity contribution in [2.75, 3.05) is 13.2 Å². The van der Waals surface area contributed by atoms with E-state index in [0.29, 0.717) is 5.56 Å². The summed E-state index contributed by atoms with van der Waals surface area (Å²) < 4.78 is 9.84. The van der Waals surface area contributed by atoms with E-state index in [2.05, 4.69) is 5.32 Å². The fourth-order valence-corrected chi connectivity index (χ4v) is 1.93. The van der Waals surface area contributed by atoms with Gasteiger partial charge >= 0.3 is 12.1 Å². The Kier molecular flexibility index (Phi) is 6.03. The molecule has 1 amide bonds. The molecule has 1 atom stereocenters. The van der Waals surface area contributed by atoms with Gasteiger partial charge in [-0.05, 0) is 38.8 Å². The van der Waals surface area contributed by atoms with Crippen LogP contribution >= 0.6 is 0 Å². The molecule has 0 bridgehead atoms. The summed E-state index contributed by atoms with van der Waals surface area (Å²) in [6.45, 7) is 7.78. The number of alkyl carbamates (subject to hydrolysis) is 1. The van der Waals surface area contributed by atoms with E-state index in [1.54, 1.807) is 13.8 Å². The summed E-state index contributed by atoms with van der Waals surface area (Å²) >= 11 is 0. The van der Waals surface area contributed by atoms with E-state index in [0.717, 1.165) is 11.1 Å². The maximum atomic E-state index is 12.0. The molecule has 0 fully saturated rings. The minimum absolute atomic E-state index is 0.244. The summed E-state index contributed by atoms with van der Waals surface area (Å²) in [5.74, 6) is -0.493. The predicted octanol–water partition coefficient (Wildman–Crippen LogP) is 2.65. The van der Waals surface area contributed by atoms with Gasteiger partial charge in [0.1, 0.15) is 0 Å². The summed E-state index contributed by atoms with van der Waals surface area (Å²) in [6.07, 6.45) is -0.634. The number of nitrogens with one attached hydrogen (secondary N) is 1. The minimum Gasteiger partial charge on any atom is -0.464 e. The molecule has 0 aliphatic carbocycles. The van der Waals surface area contributed by atoms with Crippen LogP contribution in [0.25, 0.3) is 0 Å². The molecule has 0 saturated carbocycles. The molecule has 0 radical (unpaired) electrons. The molecule has 20 heavy (non-hydrogen) atoms. The van der Waals surface area contributed by atoms with Crippen molar-refractivity contribution in [2.45, 2.75) is 33.7 Å². The van der Waals surface area contributed by atoms with Crippen molar-refractivity contribution >= 4 is 12.1 Å². The molecule has 0 heterocycles. The molecule has 1 N–H and O–H groups in total. The third kappa shape index (κ3) is 4.26. The lowest BCUT2D eigenvalue weighted by Gasteiger charge is -2.19. The summed E-state index contributed by atoms with van der Waals surface area (Å²) in [5, 5.41) is 2.54. The van der Waals surface area contributed by atoms with Crippen LogP contribution in [0.15, 0.2) is 18.2 Å². The molecular formula is C15H21NO4. The lowest BCUT2D eigenvalue weighted by atomic mass is 9.99. The molecule has 1 aromatic carbocycles. The smallest absolute Gasteiger partial charge is 0.408 e. The Balaban J connectivity index is 3.02. The average Bonchev–Trinajstić information content (AvgIpc) is 2.37. The van der Waals surface area contributed by atoms with E-state index in [-0.39, 0.29) is 13.2 Å². The molecular weight excluding hydrogens is 258 g/mol. The Labute approximate surface area is 119 Å². The predicted molar refractivity (Wildman–Crippen MR) is 75.4 cm³/mol. The second kappa shape index (κ2) is 7.53. The van der Waals surface area contributed by atoms with Crippen molar-refractivity contribution in [3.63, 3.8) is 0 Å². The molecule has 0 saturated heterocycles. The standard InChI is InChI=1S/C15H21NO4/c1-5-19-14(17)13(16-15(18)20-6-2)12-8-7-10(3)9-11(12)4/h7-9,13H,5-6H2,1-4H3,(H,16,18)/t13-/m1/s1. The number of carbonyl (C=O) groups is 2. The molecule has 110 valence electrons. The number of rotatable bonds is 5. The van der Waals surface area contributed by atoms with E-state index < -0.39 is 18.1 Å². The van der Waals surface area contributed by atoms with Gasteiger partial charge in [-0.25, -0.2) is 9.59 Å². The Morgan fingerprint density at radius 3 is 2.35 bits per heavy atom. The van der Waals surface area contributed by atoms with Gasteiger partial charge in [0, 0.05) is 0 Å². The van der Waals surface area contributed by atoms with E-state index in [9.17, 15) is 9.59 Å². The Morgan fingerprint density at radius 1 is 1.15 bits per heavy atom. The van der Waals surface area contributed by atoms with Gasteiger partial charge in [0.25, 0.3) is 0 Å². The van der Waals surface area contributed by atoms with Crippen LogP contribution in [0.3, 0.4) is 0 Å². The zero-order valence-electron chi connectivity index (χ0n) is 12.4. The summed E-state index contributed by atoms with van der Waals surface area (Å²) in [7, 11) is 0. The van der Waals surface area contributed by atoms with E-state index in [4.69, 9.17) is 9.47 Å². The second-order valence-corrected chi connectivity index (χ2v) is 4.41. The maximum absolute atomic E-state index is 12.0. The zero-order chi connectivity index (χ0) is 15.1. The Bertz CT molecular complexity index is 485. The van der Waals surface area contributed by atoms with E-state index >= 15 is 0 Å². The fraction of sp³-hybridized carbons (Fsp3) is 0.467. The van der Waals surface area contributed by atoms with Crippen molar-refractivity contribution < 1.29 is 19.1 Å². The highest BCUT2D eigenvalue weighted by atomic mass is 16.6. The number of aryl methyl sites for hydroxylation is 2. The van der Waals surface area contributed by atoms with Gasteiger partial charge in [0.2, 0.25) is 0 Å². The van der Waals surface area contributed by atoms with Crippen LogP contribution in [0.1, 0.15) is 36.6 Å². The molecule has 1 aromatic rings. The molecule has 0 spiro atoms. The first-order valence-electron chi connectivity index (χ1n) is 6.66. The number of benzene rings is 1. The third-order valence-corrected chi connectivity index (χ3v) is 2.80. The van der Waals surface area contributed by atoms with Gasteiger partial charge < -0.3 is 14.8 Å². The molecule has 0 aromatic heterocycles. The highest BCUT2D eigenvalue weighted by Crippen LogP contribution is 2.20. The van der Waals surface area contributed by atoms with Crippen LogP contribution < -0.4 is 5.32 Å². The van der Waals surface area contributed by atoms with Crippen LogP contribution in [0, 0.1) is 13.8 Å². The van der Waals surface area contributed by atoms with Crippen molar-refractivity contribution in [3.8, 4) is 0 Å². The molecule has 5 heteroatoms. The van der Waals surface area contributed by atoms with Crippen LogP contribution in [-0.4, -0.2) is 25.3 Å². The van der Waals surface area contributed by atoms with Crippen molar-refractivity contribution in [1.82, 2.24) is 5.32 Å². The maximum Gasteiger partial charge on any atom is 0.408 e. The minimum atomic E-state index is -0.852. The molecule has 0 aliphatic rings. The van der Waals surface area contributed by atoms with Crippen molar-refractivity contribution in [2.24, 2.45) is 0 Å². The lowest BCUT2D eigenvalue weighted by Crippen LogP contribution is -2.35. The first-order chi connectivity index (χ1) is 9.49. The number of carbonyl (C=O) groups excluding carboxylic acids is 2.